The standard InChI is InChI=1S/C18H24N4O2/c1-14-12-17(24-19-14)13-21-8-10-22(11-9-21)18(23)15-4-6-16(7-5-15)20(2)3/h4-7,12H,8-11,13H2,1-3H3. The maximum Gasteiger partial charge on any atom is 0.253 e. The topological polar surface area (TPSA) is 52.8 Å². The van der Waals surface area contributed by atoms with Gasteiger partial charge in [0.05, 0.1) is 12.2 Å². The van der Waals surface area contributed by atoms with Crippen molar-refractivity contribution in [2.45, 2.75) is 13.5 Å². The average Bonchev–Trinajstić information content (AvgIpc) is 3.00. The molecule has 24 heavy (non-hydrogen) atoms. The zero-order valence-corrected chi connectivity index (χ0v) is 14.5. The second kappa shape index (κ2) is 7.05. The number of aryl methyl sites for hydroxylation is 1. The van der Waals surface area contributed by atoms with E-state index in [1.165, 1.54) is 0 Å². The van der Waals surface area contributed by atoms with Gasteiger partial charge in [-0.3, -0.25) is 9.69 Å². The van der Waals surface area contributed by atoms with Gasteiger partial charge in [-0.2, -0.15) is 0 Å². The van der Waals surface area contributed by atoms with Crippen molar-refractivity contribution in [2.75, 3.05) is 45.2 Å². The van der Waals surface area contributed by atoms with Crippen molar-refractivity contribution in [3.8, 4) is 0 Å². The third-order valence-corrected chi connectivity index (χ3v) is 4.35. The molecule has 2 aromatic rings. The van der Waals surface area contributed by atoms with Crippen LogP contribution < -0.4 is 4.90 Å². The molecule has 6 heteroatoms. The van der Waals surface area contributed by atoms with E-state index >= 15 is 0 Å². The molecular formula is C18H24N4O2. The van der Waals surface area contributed by atoms with Crippen molar-refractivity contribution in [3.63, 3.8) is 0 Å². The molecule has 0 radical (unpaired) electrons. The van der Waals surface area contributed by atoms with E-state index in [4.69, 9.17) is 4.52 Å². The van der Waals surface area contributed by atoms with E-state index in [0.29, 0.717) is 0 Å². The van der Waals surface area contributed by atoms with Crippen molar-refractivity contribution in [3.05, 3.63) is 47.3 Å². The molecule has 0 atom stereocenters. The van der Waals surface area contributed by atoms with Crippen LogP contribution in [0.5, 0.6) is 0 Å². The number of hydrogen-bond acceptors (Lipinski definition) is 5. The van der Waals surface area contributed by atoms with Crippen LogP contribution in [-0.2, 0) is 6.54 Å². The van der Waals surface area contributed by atoms with Crippen LogP contribution in [-0.4, -0.2) is 61.1 Å². The summed E-state index contributed by atoms with van der Waals surface area (Å²) >= 11 is 0. The highest BCUT2D eigenvalue weighted by Gasteiger charge is 2.22. The Balaban J connectivity index is 1.54. The summed E-state index contributed by atoms with van der Waals surface area (Å²) in [5.74, 6) is 0.988. The minimum atomic E-state index is 0.107. The minimum Gasteiger partial charge on any atom is -0.378 e. The molecule has 1 aliphatic heterocycles. The first-order chi connectivity index (χ1) is 11.5. The first kappa shape index (κ1) is 16.5. The van der Waals surface area contributed by atoms with Gasteiger partial charge in [0.25, 0.3) is 5.91 Å². The first-order valence-corrected chi connectivity index (χ1v) is 8.24. The number of rotatable bonds is 4. The van der Waals surface area contributed by atoms with Crippen LogP contribution in [0.2, 0.25) is 0 Å². The van der Waals surface area contributed by atoms with E-state index < -0.39 is 0 Å². The van der Waals surface area contributed by atoms with Crippen LogP contribution in [0.1, 0.15) is 21.8 Å². The van der Waals surface area contributed by atoms with Crippen molar-refractivity contribution >= 4 is 11.6 Å². The van der Waals surface area contributed by atoms with Gasteiger partial charge in [0.1, 0.15) is 0 Å². The Bertz CT molecular complexity index is 685. The lowest BCUT2D eigenvalue weighted by Crippen LogP contribution is -2.48. The van der Waals surface area contributed by atoms with Crippen LogP contribution in [0.4, 0.5) is 5.69 Å². The number of carbonyl (C=O) groups is 1. The summed E-state index contributed by atoms with van der Waals surface area (Å²) in [5.41, 5.74) is 2.75. The smallest absolute Gasteiger partial charge is 0.253 e. The SMILES string of the molecule is Cc1cc(CN2CCN(C(=O)c3ccc(N(C)C)cc3)CC2)on1. The number of hydrogen-bond donors (Lipinski definition) is 0. The molecule has 2 heterocycles. The molecule has 1 aromatic heterocycles. The highest BCUT2D eigenvalue weighted by molar-refractivity contribution is 5.94. The molecule has 128 valence electrons. The van der Waals surface area contributed by atoms with Gasteiger partial charge in [-0.1, -0.05) is 5.16 Å². The van der Waals surface area contributed by atoms with Crippen molar-refractivity contribution in [1.82, 2.24) is 15.0 Å². The zero-order valence-electron chi connectivity index (χ0n) is 14.5. The molecule has 1 amide bonds. The fourth-order valence-electron chi connectivity index (χ4n) is 2.91. The summed E-state index contributed by atoms with van der Waals surface area (Å²) in [4.78, 5) is 18.9. The van der Waals surface area contributed by atoms with E-state index in [1.807, 2.05) is 61.2 Å². The van der Waals surface area contributed by atoms with Gasteiger partial charge in [0.15, 0.2) is 5.76 Å². The Kier molecular flexibility index (Phi) is 4.85. The van der Waals surface area contributed by atoms with Gasteiger partial charge >= 0.3 is 0 Å². The maximum absolute atomic E-state index is 12.6. The third-order valence-electron chi connectivity index (χ3n) is 4.35. The van der Waals surface area contributed by atoms with Gasteiger partial charge < -0.3 is 14.3 Å². The molecular weight excluding hydrogens is 304 g/mol. The van der Waals surface area contributed by atoms with Gasteiger partial charge in [-0.25, -0.2) is 0 Å². The number of carbonyl (C=O) groups excluding carboxylic acids is 1. The van der Waals surface area contributed by atoms with Crippen molar-refractivity contribution in [1.29, 1.82) is 0 Å². The molecule has 1 fully saturated rings. The molecule has 1 aliphatic rings. The second-order valence-electron chi connectivity index (χ2n) is 6.44. The molecule has 1 saturated heterocycles. The van der Waals surface area contributed by atoms with Gasteiger partial charge in [0.2, 0.25) is 0 Å². The van der Waals surface area contributed by atoms with Crippen LogP contribution in [0.3, 0.4) is 0 Å². The van der Waals surface area contributed by atoms with E-state index in [1.54, 1.807) is 0 Å². The zero-order chi connectivity index (χ0) is 17.1. The van der Waals surface area contributed by atoms with Gasteiger partial charge in [-0.05, 0) is 31.2 Å². The monoisotopic (exact) mass is 328 g/mol. The third kappa shape index (κ3) is 3.76. The van der Waals surface area contributed by atoms with Gasteiger partial charge in [-0.15, -0.1) is 0 Å². The predicted octanol–water partition coefficient (Wildman–Crippen LogP) is 2.01. The Morgan fingerprint density at radius 1 is 1.17 bits per heavy atom. The summed E-state index contributed by atoms with van der Waals surface area (Å²) in [7, 11) is 3.98. The number of benzene rings is 1. The minimum absolute atomic E-state index is 0.107. The lowest BCUT2D eigenvalue weighted by atomic mass is 10.1. The summed E-state index contributed by atoms with van der Waals surface area (Å²) in [5, 5.41) is 3.91. The maximum atomic E-state index is 12.6. The molecule has 0 unspecified atom stereocenters. The highest BCUT2D eigenvalue weighted by Crippen LogP contribution is 2.16. The first-order valence-electron chi connectivity index (χ1n) is 8.24. The Morgan fingerprint density at radius 3 is 2.38 bits per heavy atom. The molecule has 0 aliphatic carbocycles. The summed E-state index contributed by atoms with van der Waals surface area (Å²) in [6.07, 6.45) is 0. The molecule has 0 N–H and O–H groups in total. The molecule has 3 rings (SSSR count). The fourth-order valence-corrected chi connectivity index (χ4v) is 2.91. The Labute approximate surface area is 142 Å². The predicted molar refractivity (Wildman–Crippen MR) is 93.2 cm³/mol. The highest BCUT2D eigenvalue weighted by atomic mass is 16.5. The van der Waals surface area contributed by atoms with E-state index in [0.717, 1.165) is 55.4 Å². The van der Waals surface area contributed by atoms with Crippen LogP contribution in [0.15, 0.2) is 34.9 Å². The number of piperazine rings is 1. The quantitative estimate of drug-likeness (QED) is 0.859. The normalized spacial score (nSPS) is 15.5. The van der Waals surface area contributed by atoms with E-state index in [9.17, 15) is 4.79 Å². The van der Waals surface area contributed by atoms with E-state index in [-0.39, 0.29) is 5.91 Å². The Morgan fingerprint density at radius 2 is 1.83 bits per heavy atom. The van der Waals surface area contributed by atoms with Crippen LogP contribution in [0, 0.1) is 6.92 Å². The molecule has 6 nitrogen and oxygen atoms in total. The van der Waals surface area contributed by atoms with Crippen molar-refractivity contribution in [2.24, 2.45) is 0 Å². The fraction of sp³-hybridized carbons (Fsp3) is 0.444. The van der Waals surface area contributed by atoms with E-state index in [2.05, 4.69) is 10.1 Å². The summed E-state index contributed by atoms with van der Waals surface area (Å²) < 4.78 is 5.26. The second-order valence-corrected chi connectivity index (χ2v) is 6.44. The van der Waals surface area contributed by atoms with Crippen LogP contribution >= 0.6 is 0 Å². The summed E-state index contributed by atoms with van der Waals surface area (Å²) in [6.45, 7) is 5.84. The largest absolute Gasteiger partial charge is 0.378 e. The van der Waals surface area contributed by atoms with Crippen LogP contribution in [0.25, 0.3) is 0 Å². The van der Waals surface area contributed by atoms with Crippen molar-refractivity contribution < 1.29 is 9.32 Å². The lowest BCUT2D eigenvalue weighted by Gasteiger charge is -2.34. The number of nitrogens with zero attached hydrogens (tertiary/aromatic N) is 4. The number of aromatic nitrogens is 1. The molecule has 1 aromatic carbocycles. The molecule has 0 bridgehead atoms. The lowest BCUT2D eigenvalue weighted by molar-refractivity contribution is 0.0617. The Hall–Kier alpha value is -2.34. The number of amides is 1. The summed E-state index contributed by atoms with van der Waals surface area (Å²) in [6, 6.07) is 9.73. The molecule has 0 saturated carbocycles. The number of anilines is 1. The average molecular weight is 328 g/mol. The van der Waals surface area contributed by atoms with Gasteiger partial charge in [0, 0.05) is 57.6 Å². The molecule has 0 spiro atoms.